The fraction of sp³-hybridized carbons (Fsp3) is 0.333. The van der Waals surface area contributed by atoms with E-state index >= 15 is 0 Å². The fourth-order valence-electron chi connectivity index (χ4n) is 6.15. The van der Waals surface area contributed by atoms with Crippen LogP contribution in [0.25, 0.3) is 0 Å². The van der Waals surface area contributed by atoms with Crippen molar-refractivity contribution in [3.8, 4) is 11.5 Å². The minimum Gasteiger partial charge on any atom is -0.493 e. The zero-order chi connectivity index (χ0) is 26.4. The van der Waals surface area contributed by atoms with Gasteiger partial charge in [0.15, 0.2) is 11.5 Å². The van der Waals surface area contributed by atoms with E-state index < -0.39 is 12.0 Å². The summed E-state index contributed by atoms with van der Waals surface area (Å²) in [4.78, 5) is 34.1. The summed E-state index contributed by atoms with van der Waals surface area (Å²) in [5.41, 5.74) is 4.55. The molecule has 3 aliphatic heterocycles. The second-order valence-corrected chi connectivity index (χ2v) is 10.4. The number of halogens is 1. The predicted molar refractivity (Wildman–Crippen MR) is 146 cm³/mol. The van der Waals surface area contributed by atoms with Gasteiger partial charge in [-0.1, -0.05) is 29.8 Å². The maximum absolute atomic E-state index is 14.3. The minimum atomic E-state index is -0.497. The monoisotopic (exact) mass is 531 g/mol. The van der Waals surface area contributed by atoms with E-state index in [2.05, 4.69) is 4.90 Å². The normalized spacial score (nSPS) is 20.4. The van der Waals surface area contributed by atoms with E-state index in [9.17, 15) is 9.59 Å². The van der Waals surface area contributed by atoms with Gasteiger partial charge in [0.1, 0.15) is 0 Å². The number of piperazine rings is 1. The average Bonchev–Trinajstić information content (AvgIpc) is 2.96. The van der Waals surface area contributed by atoms with Gasteiger partial charge in [-0.3, -0.25) is 9.59 Å². The lowest BCUT2D eigenvalue weighted by Gasteiger charge is -2.47. The Morgan fingerprint density at radius 3 is 2.26 bits per heavy atom. The first-order valence-corrected chi connectivity index (χ1v) is 13.3. The lowest BCUT2D eigenvalue weighted by Crippen LogP contribution is -2.54. The Balaban J connectivity index is 1.36. The van der Waals surface area contributed by atoms with Crippen LogP contribution in [0, 0.1) is 0 Å². The third kappa shape index (κ3) is 4.06. The van der Waals surface area contributed by atoms with Gasteiger partial charge in [-0.2, -0.15) is 0 Å². The topological polar surface area (TPSA) is 62.3 Å². The number of hydrogen-bond acceptors (Lipinski definition) is 5. The number of hydrogen-bond donors (Lipinski definition) is 0. The Hall–Kier alpha value is -3.71. The second-order valence-electron chi connectivity index (χ2n) is 9.95. The molecule has 1 saturated heterocycles. The molecular weight excluding hydrogens is 502 g/mol. The summed E-state index contributed by atoms with van der Waals surface area (Å²) in [5, 5.41) is 0.708. The molecule has 0 aliphatic carbocycles. The van der Waals surface area contributed by atoms with E-state index in [1.165, 1.54) is 0 Å². The van der Waals surface area contributed by atoms with Crippen molar-refractivity contribution < 1.29 is 19.1 Å². The number of carbonyl (C=O) groups is 2. The first-order chi connectivity index (χ1) is 18.5. The highest BCUT2D eigenvalue weighted by atomic mass is 35.5. The van der Waals surface area contributed by atoms with Gasteiger partial charge in [0.2, 0.25) is 5.91 Å². The van der Waals surface area contributed by atoms with Gasteiger partial charge in [0.25, 0.3) is 5.91 Å². The fourth-order valence-corrected chi connectivity index (χ4v) is 6.28. The molecule has 0 N–H and O–H groups in total. The number of ether oxygens (including phenoxy) is 2. The molecule has 0 radical (unpaired) electrons. The number of benzene rings is 3. The van der Waals surface area contributed by atoms with Crippen LogP contribution in [0.2, 0.25) is 5.02 Å². The number of amides is 2. The van der Waals surface area contributed by atoms with Gasteiger partial charge >= 0.3 is 0 Å². The van der Waals surface area contributed by atoms with Gasteiger partial charge in [-0.05, 0) is 65.6 Å². The molecule has 1 fully saturated rings. The molecular formula is C30H30ClN3O4. The van der Waals surface area contributed by atoms with Crippen LogP contribution in [0.1, 0.15) is 39.0 Å². The number of carbonyl (C=O) groups excluding carboxylic acids is 2. The molecule has 3 aromatic rings. The minimum absolute atomic E-state index is 0.0253. The zero-order valence-corrected chi connectivity index (χ0v) is 22.3. The van der Waals surface area contributed by atoms with Gasteiger partial charge in [0, 0.05) is 49.0 Å². The zero-order valence-electron chi connectivity index (χ0n) is 21.5. The predicted octanol–water partition coefficient (Wildman–Crippen LogP) is 4.54. The Morgan fingerprint density at radius 2 is 1.55 bits per heavy atom. The molecule has 196 valence electrons. The third-order valence-corrected chi connectivity index (χ3v) is 8.33. The second kappa shape index (κ2) is 9.87. The molecule has 7 nitrogen and oxygen atoms in total. The SMILES string of the molecule is COc1cc2c(cc1OC)C1C(C(=O)N3CCN(c4ccc(Cl)cc4)CC3)c3ccccc3C(=O)N1CC2. The highest BCUT2D eigenvalue weighted by Crippen LogP contribution is 2.49. The molecule has 3 heterocycles. The summed E-state index contributed by atoms with van der Waals surface area (Å²) in [6.45, 7) is 3.24. The maximum Gasteiger partial charge on any atom is 0.254 e. The van der Waals surface area contributed by atoms with Crippen molar-refractivity contribution in [3.05, 3.63) is 87.9 Å². The molecule has 3 aromatic carbocycles. The van der Waals surface area contributed by atoms with Crippen molar-refractivity contribution in [1.82, 2.24) is 9.80 Å². The van der Waals surface area contributed by atoms with E-state index in [0.29, 0.717) is 48.1 Å². The average molecular weight is 532 g/mol. The molecule has 2 unspecified atom stereocenters. The summed E-state index contributed by atoms with van der Waals surface area (Å²) in [6.07, 6.45) is 0.695. The van der Waals surface area contributed by atoms with Crippen molar-refractivity contribution in [2.24, 2.45) is 0 Å². The molecule has 0 bridgehead atoms. The van der Waals surface area contributed by atoms with Gasteiger partial charge in [-0.25, -0.2) is 0 Å². The molecule has 0 spiro atoms. The maximum atomic E-state index is 14.3. The largest absolute Gasteiger partial charge is 0.493 e. The Bertz CT molecular complexity index is 1380. The molecule has 0 saturated carbocycles. The number of rotatable bonds is 4. The molecule has 2 amide bonds. The number of nitrogens with zero attached hydrogens (tertiary/aromatic N) is 3. The van der Waals surface area contributed by atoms with Crippen LogP contribution < -0.4 is 14.4 Å². The van der Waals surface area contributed by atoms with Gasteiger partial charge < -0.3 is 24.2 Å². The van der Waals surface area contributed by atoms with E-state index in [4.69, 9.17) is 21.1 Å². The van der Waals surface area contributed by atoms with Crippen LogP contribution in [0.4, 0.5) is 5.69 Å². The first kappa shape index (κ1) is 24.6. The van der Waals surface area contributed by atoms with Crippen LogP contribution in [-0.2, 0) is 11.2 Å². The summed E-state index contributed by atoms with van der Waals surface area (Å²) in [5.74, 6) is 0.787. The quantitative estimate of drug-likeness (QED) is 0.494. The Morgan fingerprint density at radius 1 is 0.868 bits per heavy atom. The van der Waals surface area contributed by atoms with Crippen molar-refractivity contribution >= 4 is 29.1 Å². The van der Waals surface area contributed by atoms with E-state index in [1.54, 1.807) is 14.2 Å². The number of methoxy groups -OCH3 is 2. The van der Waals surface area contributed by atoms with Gasteiger partial charge in [0.05, 0.1) is 26.2 Å². The number of anilines is 1. The van der Waals surface area contributed by atoms with Crippen LogP contribution >= 0.6 is 11.6 Å². The number of fused-ring (bicyclic) bond motifs is 4. The lowest BCUT2D eigenvalue weighted by molar-refractivity contribution is -0.135. The highest BCUT2D eigenvalue weighted by Gasteiger charge is 2.48. The first-order valence-electron chi connectivity index (χ1n) is 12.9. The summed E-state index contributed by atoms with van der Waals surface area (Å²) >= 11 is 6.07. The van der Waals surface area contributed by atoms with E-state index in [-0.39, 0.29) is 11.8 Å². The van der Waals surface area contributed by atoms with Crippen LogP contribution in [0.5, 0.6) is 11.5 Å². The Kier molecular flexibility index (Phi) is 6.40. The van der Waals surface area contributed by atoms with Crippen molar-refractivity contribution in [1.29, 1.82) is 0 Å². The van der Waals surface area contributed by atoms with Crippen LogP contribution in [0.3, 0.4) is 0 Å². The molecule has 0 aromatic heterocycles. The van der Waals surface area contributed by atoms with Crippen molar-refractivity contribution in [2.45, 2.75) is 18.4 Å². The van der Waals surface area contributed by atoms with Crippen LogP contribution in [0.15, 0.2) is 60.7 Å². The molecule has 8 heteroatoms. The summed E-state index contributed by atoms with van der Waals surface area (Å²) in [6, 6.07) is 18.9. The summed E-state index contributed by atoms with van der Waals surface area (Å²) in [7, 11) is 3.23. The third-order valence-electron chi connectivity index (χ3n) is 8.07. The molecule has 38 heavy (non-hydrogen) atoms. The van der Waals surface area contributed by atoms with E-state index in [1.807, 2.05) is 70.5 Å². The molecule has 3 aliphatic rings. The van der Waals surface area contributed by atoms with Gasteiger partial charge in [-0.15, -0.1) is 0 Å². The molecule has 6 rings (SSSR count). The highest BCUT2D eigenvalue weighted by molar-refractivity contribution is 6.30. The van der Waals surface area contributed by atoms with E-state index in [0.717, 1.165) is 35.5 Å². The standard InChI is InChI=1S/C30H30ClN3O4/c1-37-25-17-19-11-12-34-28(24(19)18-26(25)38-2)27(22-5-3-4-6-23(22)29(34)35)30(36)33-15-13-32(14-16-33)21-9-7-20(31)8-10-21/h3-10,17-18,27-28H,11-16H2,1-2H3. The van der Waals surface area contributed by atoms with Crippen LogP contribution in [-0.4, -0.2) is 68.6 Å². The smallest absolute Gasteiger partial charge is 0.254 e. The summed E-state index contributed by atoms with van der Waals surface area (Å²) < 4.78 is 11.2. The lowest BCUT2D eigenvalue weighted by atomic mass is 9.75. The Labute approximate surface area is 227 Å². The van der Waals surface area contributed by atoms with Crippen molar-refractivity contribution in [2.75, 3.05) is 51.8 Å². The van der Waals surface area contributed by atoms with Crippen molar-refractivity contribution in [3.63, 3.8) is 0 Å². The molecule has 2 atom stereocenters.